The highest BCUT2D eigenvalue weighted by Gasteiger charge is 2.31. The molecule has 2 rings (SSSR count). The molecule has 0 spiro atoms. The minimum atomic E-state index is -0.265. The molecule has 0 radical (unpaired) electrons. The molecule has 0 saturated carbocycles. The summed E-state index contributed by atoms with van der Waals surface area (Å²) >= 11 is 0. The van der Waals surface area contributed by atoms with Crippen molar-refractivity contribution in [1.82, 2.24) is 24.9 Å². The summed E-state index contributed by atoms with van der Waals surface area (Å²) in [7, 11) is 3.53. The van der Waals surface area contributed by atoms with Gasteiger partial charge in [0.15, 0.2) is 0 Å². The van der Waals surface area contributed by atoms with Gasteiger partial charge in [-0.2, -0.15) is 5.10 Å². The molecular formula is C14H23N5O2. The van der Waals surface area contributed by atoms with Gasteiger partial charge >= 0.3 is 0 Å². The summed E-state index contributed by atoms with van der Waals surface area (Å²) in [5, 5.41) is 6.83. The zero-order valence-electron chi connectivity index (χ0n) is 12.9. The highest BCUT2D eigenvalue weighted by atomic mass is 16.2. The first kappa shape index (κ1) is 15.5. The van der Waals surface area contributed by atoms with Crippen LogP contribution in [-0.4, -0.2) is 71.2 Å². The molecule has 1 saturated heterocycles. The molecule has 1 aliphatic heterocycles. The molecule has 1 aromatic rings. The standard InChI is InChI=1S/C14H23N5O2/c1-11-4-6-16-19(11)7-5-13(20)18-9-8-17(3)12(10-18)14(21)15-2/h4,6,12H,5,7-10H2,1-3H3,(H,15,21)/t12-/m1/s1. The van der Waals surface area contributed by atoms with E-state index in [1.165, 1.54) is 0 Å². The van der Waals surface area contributed by atoms with Crippen LogP contribution < -0.4 is 5.32 Å². The smallest absolute Gasteiger partial charge is 0.238 e. The maximum Gasteiger partial charge on any atom is 0.238 e. The van der Waals surface area contributed by atoms with E-state index in [1.54, 1.807) is 18.1 Å². The molecule has 7 nitrogen and oxygen atoms in total. The van der Waals surface area contributed by atoms with Gasteiger partial charge in [0.2, 0.25) is 11.8 Å². The van der Waals surface area contributed by atoms with Crippen LogP contribution in [0.15, 0.2) is 12.3 Å². The summed E-state index contributed by atoms with van der Waals surface area (Å²) in [5.41, 5.74) is 1.05. The first-order valence-electron chi connectivity index (χ1n) is 7.21. The van der Waals surface area contributed by atoms with E-state index in [2.05, 4.69) is 10.4 Å². The SMILES string of the molecule is CNC(=O)[C@H]1CN(C(=O)CCn2nccc2C)CCN1C. The Morgan fingerprint density at radius 3 is 2.81 bits per heavy atom. The number of hydrogen-bond donors (Lipinski definition) is 1. The Balaban J connectivity index is 1.90. The van der Waals surface area contributed by atoms with Crippen LogP contribution in [0.3, 0.4) is 0 Å². The molecule has 2 amide bonds. The minimum Gasteiger partial charge on any atom is -0.358 e. The second kappa shape index (κ2) is 6.71. The summed E-state index contributed by atoms with van der Waals surface area (Å²) in [5.74, 6) is 0.0322. The number of nitrogens with one attached hydrogen (secondary N) is 1. The van der Waals surface area contributed by atoms with Gasteiger partial charge in [-0.15, -0.1) is 0 Å². The van der Waals surface area contributed by atoms with Crippen LogP contribution in [0.2, 0.25) is 0 Å². The van der Waals surface area contributed by atoms with Crippen LogP contribution >= 0.6 is 0 Å². The fourth-order valence-corrected chi connectivity index (χ4v) is 2.54. The molecule has 7 heteroatoms. The number of nitrogens with zero attached hydrogens (tertiary/aromatic N) is 4. The van der Waals surface area contributed by atoms with Crippen LogP contribution in [0.4, 0.5) is 0 Å². The monoisotopic (exact) mass is 293 g/mol. The lowest BCUT2D eigenvalue weighted by Gasteiger charge is -2.38. The molecule has 0 bridgehead atoms. The predicted octanol–water partition coefficient (Wildman–Crippen LogP) is -0.530. The number of aryl methyl sites for hydroxylation is 2. The number of likely N-dealkylation sites (N-methyl/N-ethyl adjacent to an activating group) is 2. The molecule has 0 aromatic carbocycles. The zero-order chi connectivity index (χ0) is 15.4. The molecule has 1 fully saturated rings. The van der Waals surface area contributed by atoms with E-state index in [1.807, 2.05) is 29.6 Å². The quantitative estimate of drug-likeness (QED) is 0.810. The largest absolute Gasteiger partial charge is 0.358 e. The normalized spacial score (nSPS) is 19.6. The first-order valence-corrected chi connectivity index (χ1v) is 7.21. The molecule has 1 N–H and O–H groups in total. The van der Waals surface area contributed by atoms with E-state index < -0.39 is 0 Å². The summed E-state index contributed by atoms with van der Waals surface area (Å²) in [6.07, 6.45) is 2.14. The van der Waals surface area contributed by atoms with Gasteiger partial charge in [-0.05, 0) is 20.0 Å². The first-order chi connectivity index (χ1) is 10.0. The Kier molecular flexibility index (Phi) is 4.95. The van der Waals surface area contributed by atoms with Gasteiger partial charge in [0.25, 0.3) is 0 Å². The molecule has 1 atom stereocenters. The molecule has 1 aliphatic rings. The van der Waals surface area contributed by atoms with Gasteiger partial charge in [-0.25, -0.2) is 0 Å². The average molecular weight is 293 g/mol. The summed E-state index contributed by atoms with van der Waals surface area (Å²) in [4.78, 5) is 27.9. The summed E-state index contributed by atoms with van der Waals surface area (Å²) < 4.78 is 1.82. The maximum absolute atomic E-state index is 12.3. The van der Waals surface area contributed by atoms with E-state index in [4.69, 9.17) is 0 Å². The van der Waals surface area contributed by atoms with E-state index in [-0.39, 0.29) is 17.9 Å². The molecule has 0 unspecified atom stereocenters. The third-order valence-corrected chi connectivity index (χ3v) is 4.02. The van der Waals surface area contributed by atoms with Crippen molar-refractivity contribution in [3.63, 3.8) is 0 Å². The topological polar surface area (TPSA) is 70.5 Å². The third-order valence-electron chi connectivity index (χ3n) is 4.02. The minimum absolute atomic E-state index is 0.0436. The number of carbonyl (C=O) groups is 2. The highest BCUT2D eigenvalue weighted by molar-refractivity contribution is 5.83. The number of amides is 2. The fourth-order valence-electron chi connectivity index (χ4n) is 2.54. The second-order valence-electron chi connectivity index (χ2n) is 5.40. The Morgan fingerprint density at radius 1 is 1.43 bits per heavy atom. The fraction of sp³-hybridized carbons (Fsp3) is 0.643. The Labute approximate surface area is 124 Å². The number of aromatic nitrogens is 2. The van der Waals surface area contributed by atoms with Crippen molar-refractivity contribution in [2.24, 2.45) is 0 Å². The lowest BCUT2D eigenvalue weighted by atomic mass is 10.1. The predicted molar refractivity (Wildman–Crippen MR) is 78.6 cm³/mol. The van der Waals surface area contributed by atoms with Gasteiger partial charge < -0.3 is 10.2 Å². The summed E-state index contributed by atoms with van der Waals surface area (Å²) in [6, 6.07) is 1.65. The van der Waals surface area contributed by atoms with Crippen molar-refractivity contribution in [3.05, 3.63) is 18.0 Å². The van der Waals surface area contributed by atoms with Gasteiger partial charge in [-0.3, -0.25) is 19.2 Å². The number of rotatable bonds is 4. The van der Waals surface area contributed by atoms with E-state index in [0.717, 1.165) is 5.69 Å². The van der Waals surface area contributed by atoms with Crippen molar-refractivity contribution in [1.29, 1.82) is 0 Å². The van der Waals surface area contributed by atoms with Gasteiger partial charge in [0.1, 0.15) is 6.04 Å². The van der Waals surface area contributed by atoms with E-state index in [9.17, 15) is 9.59 Å². The Bertz CT molecular complexity index is 513. The summed E-state index contributed by atoms with van der Waals surface area (Å²) in [6.45, 7) is 4.38. The van der Waals surface area contributed by atoms with Crippen LogP contribution in [-0.2, 0) is 16.1 Å². The molecule has 21 heavy (non-hydrogen) atoms. The number of carbonyl (C=O) groups excluding carboxylic acids is 2. The van der Waals surface area contributed by atoms with Gasteiger partial charge in [0.05, 0.1) is 0 Å². The Morgan fingerprint density at radius 2 is 2.19 bits per heavy atom. The lowest BCUT2D eigenvalue weighted by Crippen LogP contribution is -2.58. The van der Waals surface area contributed by atoms with Crippen LogP contribution in [0, 0.1) is 6.92 Å². The van der Waals surface area contributed by atoms with Crippen molar-refractivity contribution in [2.45, 2.75) is 25.9 Å². The van der Waals surface area contributed by atoms with Crippen LogP contribution in [0.5, 0.6) is 0 Å². The highest BCUT2D eigenvalue weighted by Crippen LogP contribution is 2.10. The molecule has 1 aromatic heterocycles. The second-order valence-corrected chi connectivity index (χ2v) is 5.40. The van der Waals surface area contributed by atoms with Crippen LogP contribution in [0.25, 0.3) is 0 Å². The number of hydrogen-bond acceptors (Lipinski definition) is 4. The number of piperazine rings is 1. The molecule has 116 valence electrons. The van der Waals surface area contributed by atoms with Crippen molar-refractivity contribution in [3.8, 4) is 0 Å². The van der Waals surface area contributed by atoms with Crippen molar-refractivity contribution < 1.29 is 9.59 Å². The Hall–Kier alpha value is -1.89. The van der Waals surface area contributed by atoms with E-state index in [0.29, 0.717) is 32.6 Å². The average Bonchev–Trinajstić information content (AvgIpc) is 2.89. The van der Waals surface area contributed by atoms with Gasteiger partial charge in [-0.1, -0.05) is 0 Å². The maximum atomic E-state index is 12.3. The molecule has 0 aliphatic carbocycles. The van der Waals surface area contributed by atoms with Crippen molar-refractivity contribution in [2.75, 3.05) is 33.7 Å². The molecular weight excluding hydrogens is 270 g/mol. The molecule has 2 heterocycles. The van der Waals surface area contributed by atoms with Crippen LogP contribution in [0.1, 0.15) is 12.1 Å². The third kappa shape index (κ3) is 3.60. The van der Waals surface area contributed by atoms with E-state index >= 15 is 0 Å². The van der Waals surface area contributed by atoms with Crippen molar-refractivity contribution >= 4 is 11.8 Å². The van der Waals surface area contributed by atoms with Gasteiger partial charge in [0, 0.05) is 51.5 Å². The zero-order valence-corrected chi connectivity index (χ0v) is 12.9. The lowest BCUT2D eigenvalue weighted by molar-refractivity contribution is -0.137.